The van der Waals surface area contributed by atoms with Crippen LogP contribution in [0.2, 0.25) is 0 Å². The van der Waals surface area contributed by atoms with Gasteiger partial charge in [0.25, 0.3) is 0 Å². The van der Waals surface area contributed by atoms with Gasteiger partial charge in [-0.15, -0.1) is 0 Å². The van der Waals surface area contributed by atoms with Crippen LogP contribution in [0.15, 0.2) is 182 Å². The number of carbonyl (C=O) groups excluding carboxylic acids is 3. The number of aliphatic hydroxyl groups excluding tert-OH is 2. The van der Waals surface area contributed by atoms with Crippen molar-refractivity contribution in [2.75, 3.05) is 39.6 Å². The van der Waals surface area contributed by atoms with Crippen LogP contribution in [0, 0.1) is 0 Å². The summed E-state index contributed by atoms with van der Waals surface area (Å²) in [5.41, 5.74) is 0. The van der Waals surface area contributed by atoms with Gasteiger partial charge in [-0.1, -0.05) is 421 Å². The SMILES string of the molecule is CC/C=C\C/C=C\C/C=C\C/C=C\C/C=C\C/C=C\CCCCCCCCCCCCCCCCC(=O)OCC(O)COP(=O)(O)OCC(O)COP(=O)(O)OCC(COC(=O)CCCCCCCCCCCCCCCCCCC/C=C\C/C=C\C/C=C\C/C=C\C/C=C\CC)OC(=O)CCCCCCCCC/C=C\C/C=C\C/C=C\C/C=C\CCCCC. The Morgan fingerprint density at radius 3 is 0.672 bits per heavy atom. The predicted octanol–water partition coefficient (Wildman–Crippen LogP) is 31.6. The lowest BCUT2D eigenvalue weighted by atomic mass is 10.0. The summed E-state index contributed by atoms with van der Waals surface area (Å²) in [7, 11) is -9.82. The van der Waals surface area contributed by atoms with E-state index in [1.54, 1.807) is 0 Å². The second kappa shape index (κ2) is 97.7. The summed E-state index contributed by atoms with van der Waals surface area (Å²) in [6, 6.07) is 0. The van der Waals surface area contributed by atoms with Gasteiger partial charge in [-0.25, -0.2) is 9.13 Å². The Hall–Kier alpha value is -5.35. The number of aliphatic hydroxyl groups is 2. The number of rotatable bonds is 94. The molecule has 0 aromatic heterocycles. The quantitative estimate of drug-likeness (QED) is 0.0146. The molecule has 16 nitrogen and oxygen atoms in total. The predicted molar refractivity (Wildman–Crippen MR) is 528 cm³/mol. The molecule has 716 valence electrons. The molecule has 0 rings (SSSR count). The number of allylic oxidation sites excluding steroid dienone is 30. The fourth-order valence-electron chi connectivity index (χ4n) is 13.6. The highest BCUT2D eigenvalue weighted by Crippen LogP contribution is 2.45. The lowest BCUT2D eigenvalue weighted by Gasteiger charge is -2.21. The van der Waals surface area contributed by atoms with Crippen LogP contribution in [0.1, 0.15) is 419 Å². The third kappa shape index (κ3) is 99.1. The third-order valence-corrected chi connectivity index (χ3v) is 23.0. The smallest absolute Gasteiger partial charge is 0.463 e. The molecule has 0 aliphatic heterocycles. The van der Waals surface area contributed by atoms with Crippen molar-refractivity contribution in [2.45, 2.75) is 437 Å². The Labute approximate surface area is 764 Å². The van der Waals surface area contributed by atoms with Gasteiger partial charge >= 0.3 is 33.6 Å². The van der Waals surface area contributed by atoms with E-state index in [2.05, 4.69) is 203 Å². The fraction of sp³-hybridized carbons (Fsp3) is 0.692. The maximum Gasteiger partial charge on any atom is 0.472 e. The number of phosphoric acid groups is 2. The van der Waals surface area contributed by atoms with Crippen molar-refractivity contribution in [1.29, 1.82) is 0 Å². The van der Waals surface area contributed by atoms with E-state index in [9.17, 15) is 43.5 Å². The minimum Gasteiger partial charge on any atom is -0.463 e. The largest absolute Gasteiger partial charge is 0.472 e. The van der Waals surface area contributed by atoms with E-state index >= 15 is 0 Å². The number of hydrogen-bond donors (Lipinski definition) is 4. The second-order valence-corrected chi connectivity index (χ2v) is 36.1. The molecule has 0 aliphatic carbocycles. The van der Waals surface area contributed by atoms with Crippen LogP contribution in [-0.4, -0.2) is 95.9 Å². The topological polar surface area (TPSA) is 231 Å². The highest BCUT2D eigenvalue weighted by atomic mass is 31.2. The van der Waals surface area contributed by atoms with Crippen LogP contribution in [0.5, 0.6) is 0 Å². The molecule has 0 fully saturated rings. The summed E-state index contributed by atoms with van der Waals surface area (Å²) in [6.07, 6.45) is 129. The van der Waals surface area contributed by atoms with E-state index in [1.165, 1.54) is 180 Å². The molecule has 0 spiro atoms. The van der Waals surface area contributed by atoms with E-state index in [0.29, 0.717) is 19.3 Å². The Kier molecular flexibility index (Phi) is 93.5. The van der Waals surface area contributed by atoms with Crippen molar-refractivity contribution in [3.8, 4) is 0 Å². The van der Waals surface area contributed by atoms with Crippen LogP contribution >= 0.6 is 15.6 Å². The molecule has 0 saturated carbocycles. The first kappa shape index (κ1) is 120. The molecule has 0 aliphatic rings. The van der Waals surface area contributed by atoms with Gasteiger partial charge in [0.05, 0.1) is 26.4 Å². The van der Waals surface area contributed by atoms with E-state index in [0.717, 1.165) is 180 Å². The summed E-state index contributed by atoms with van der Waals surface area (Å²) in [6.45, 7) is 2.47. The molecule has 0 bridgehead atoms. The normalized spacial score (nSPS) is 14.5. The number of ether oxygens (including phenoxy) is 3. The van der Waals surface area contributed by atoms with Gasteiger partial charge in [0.15, 0.2) is 6.10 Å². The Bertz CT molecular complexity index is 3000. The minimum atomic E-state index is -4.95. The molecule has 125 heavy (non-hydrogen) atoms. The molecule has 0 saturated heterocycles. The molecule has 0 radical (unpaired) electrons. The van der Waals surface area contributed by atoms with Crippen LogP contribution in [0.4, 0.5) is 0 Å². The molecule has 0 aromatic rings. The van der Waals surface area contributed by atoms with Crippen molar-refractivity contribution in [1.82, 2.24) is 0 Å². The van der Waals surface area contributed by atoms with E-state index in [4.69, 9.17) is 32.3 Å². The van der Waals surface area contributed by atoms with Crippen LogP contribution in [-0.2, 0) is 55.8 Å². The second-order valence-electron chi connectivity index (χ2n) is 33.2. The standard InChI is InChI=1S/C107H182O16P2/c1-4-7-10-13-16-19-22-25-28-31-34-37-40-42-44-46-48-50-52-54-56-58-61-63-66-69-72-75-78-81-84-87-90-93-105(110)117-96-102(108)97-119-124(113,114)120-98-103(109)99-121-125(115,116)122-101-104(123-107(112)95-92-89-86-83-80-77-74-71-68-65-60-39-36-33-30-27-24-21-18-15-12-9-6-3)100-118-106(111)94-91-88-85-82-79-76-73-70-67-64-62-59-57-55-53-51-49-47-45-43-41-38-35-32-29-26-23-20-17-14-11-8-5-2/h7-8,10-11,16-21,25-30,34-39,42-45,48,50,65,68,102-104,108-109H,4-6,9,12-15,22-24,31-33,40-41,46-47,49,51-64,66-67,69-101H2,1-3H3,(H,113,114)(H,115,116)/b10-7-,11-8-,19-16-,20-17-,21-18-,28-25-,29-26-,30-27-,37-34-,38-35-,39-36-,44-42-,45-43-,50-48-,68-65-. The first-order chi connectivity index (χ1) is 61.2. The summed E-state index contributed by atoms with van der Waals surface area (Å²) < 4.78 is 61.6. The summed E-state index contributed by atoms with van der Waals surface area (Å²) in [5.74, 6) is -1.57. The highest BCUT2D eigenvalue weighted by molar-refractivity contribution is 7.47. The molecular formula is C107H182O16P2. The molecular weight excluding hydrogens is 1600 g/mol. The van der Waals surface area contributed by atoms with Crippen molar-refractivity contribution >= 4 is 33.6 Å². The summed E-state index contributed by atoms with van der Waals surface area (Å²) >= 11 is 0. The highest BCUT2D eigenvalue weighted by Gasteiger charge is 2.30. The molecule has 0 aromatic carbocycles. The Morgan fingerprint density at radius 2 is 0.424 bits per heavy atom. The van der Waals surface area contributed by atoms with Crippen molar-refractivity contribution in [3.63, 3.8) is 0 Å². The lowest BCUT2D eigenvalue weighted by molar-refractivity contribution is -0.161. The minimum absolute atomic E-state index is 0.0897. The first-order valence-electron chi connectivity index (χ1n) is 50.1. The van der Waals surface area contributed by atoms with Crippen molar-refractivity contribution in [3.05, 3.63) is 182 Å². The van der Waals surface area contributed by atoms with Gasteiger partial charge in [-0.05, 0) is 161 Å². The van der Waals surface area contributed by atoms with Gasteiger partial charge < -0.3 is 34.2 Å². The van der Waals surface area contributed by atoms with E-state index in [1.807, 2.05) is 0 Å². The Balaban J connectivity index is 4.58. The molecule has 5 unspecified atom stereocenters. The molecule has 0 heterocycles. The average Bonchev–Trinajstić information content (AvgIpc) is 0.904. The van der Waals surface area contributed by atoms with Crippen molar-refractivity contribution < 1.29 is 75.8 Å². The zero-order chi connectivity index (χ0) is 90.7. The molecule has 0 amide bonds. The maximum absolute atomic E-state index is 13.1. The van der Waals surface area contributed by atoms with Gasteiger partial charge in [0.1, 0.15) is 25.4 Å². The number of unbranched alkanes of at least 4 members (excludes halogenated alkanes) is 41. The van der Waals surface area contributed by atoms with Gasteiger partial charge in [-0.2, -0.15) is 0 Å². The number of hydrogen-bond acceptors (Lipinski definition) is 14. The number of phosphoric ester groups is 2. The molecule has 4 N–H and O–H groups in total. The maximum atomic E-state index is 13.1. The van der Waals surface area contributed by atoms with Crippen LogP contribution in [0.25, 0.3) is 0 Å². The third-order valence-electron chi connectivity index (χ3n) is 21.1. The average molecular weight is 1790 g/mol. The van der Waals surface area contributed by atoms with Gasteiger partial charge in [-0.3, -0.25) is 32.5 Å². The molecule has 18 heteroatoms. The zero-order valence-electron chi connectivity index (χ0n) is 79.2. The van der Waals surface area contributed by atoms with E-state index < -0.39 is 91.5 Å². The number of esters is 3. The van der Waals surface area contributed by atoms with E-state index in [-0.39, 0.29) is 19.3 Å². The lowest BCUT2D eigenvalue weighted by Crippen LogP contribution is -2.30. The summed E-state index contributed by atoms with van der Waals surface area (Å²) in [4.78, 5) is 59.2. The monoisotopic (exact) mass is 1790 g/mol. The Morgan fingerprint density at radius 1 is 0.232 bits per heavy atom. The molecule has 5 atom stereocenters. The van der Waals surface area contributed by atoms with Crippen LogP contribution in [0.3, 0.4) is 0 Å². The zero-order valence-corrected chi connectivity index (χ0v) is 81.0. The summed E-state index contributed by atoms with van der Waals surface area (Å²) in [5, 5.41) is 20.8. The van der Waals surface area contributed by atoms with Gasteiger partial charge in [0.2, 0.25) is 0 Å². The number of carbonyl (C=O) groups is 3. The van der Waals surface area contributed by atoms with Crippen molar-refractivity contribution in [2.24, 2.45) is 0 Å². The first-order valence-corrected chi connectivity index (χ1v) is 53.1. The van der Waals surface area contributed by atoms with Gasteiger partial charge in [0, 0.05) is 19.3 Å². The fourth-order valence-corrected chi connectivity index (χ4v) is 15.2. The van der Waals surface area contributed by atoms with Crippen LogP contribution < -0.4 is 0 Å².